The largest absolute Gasteiger partial charge is 0.478 e. The van der Waals surface area contributed by atoms with Gasteiger partial charge in [0.05, 0.1) is 27.4 Å². The number of rotatable bonds is 5. The summed E-state index contributed by atoms with van der Waals surface area (Å²) in [7, 11) is -1.49. The number of benzene rings is 1. The molecular weight excluding hydrogens is 292 g/mol. The van der Waals surface area contributed by atoms with Crippen molar-refractivity contribution in [3.8, 4) is 0 Å². The van der Waals surface area contributed by atoms with Crippen LogP contribution in [-0.4, -0.2) is 43.6 Å². The molecule has 0 aliphatic heterocycles. The Kier molecular flexibility index (Phi) is 4.88. The summed E-state index contributed by atoms with van der Waals surface area (Å²) >= 11 is 0. The maximum atomic E-state index is 12.1. The minimum atomic E-state index is -3.21. The normalized spacial score (nSPS) is 12.2. The van der Waals surface area contributed by atoms with Crippen molar-refractivity contribution < 1.29 is 18.3 Å². The summed E-state index contributed by atoms with van der Waals surface area (Å²) in [6.45, 7) is 5.28. The molecule has 0 spiro atoms. The van der Waals surface area contributed by atoms with Gasteiger partial charge in [0.25, 0.3) is 0 Å². The van der Waals surface area contributed by atoms with Gasteiger partial charge in [-0.15, -0.1) is 0 Å². The van der Waals surface area contributed by atoms with Gasteiger partial charge in [0.1, 0.15) is 0 Å². The molecule has 118 valence electrons. The van der Waals surface area contributed by atoms with Gasteiger partial charge in [-0.2, -0.15) is 0 Å². The number of nitrogens with zero attached hydrogens (tertiary/aromatic N) is 1. The van der Waals surface area contributed by atoms with E-state index in [1.54, 1.807) is 38.8 Å². The lowest BCUT2D eigenvalue weighted by Gasteiger charge is -2.24. The quantitative estimate of drug-likeness (QED) is 0.801. The van der Waals surface area contributed by atoms with Gasteiger partial charge in [0, 0.05) is 13.6 Å². The second kappa shape index (κ2) is 5.93. The van der Waals surface area contributed by atoms with E-state index >= 15 is 0 Å². The van der Waals surface area contributed by atoms with Crippen LogP contribution in [0.5, 0.6) is 0 Å². The van der Waals surface area contributed by atoms with Gasteiger partial charge >= 0.3 is 5.97 Å². The third-order valence-electron chi connectivity index (χ3n) is 3.31. The topological polar surface area (TPSA) is 101 Å². The molecule has 0 aromatic heterocycles. The fraction of sp³-hybridized carbons (Fsp3) is 0.500. The van der Waals surface area contributed by atoms with Crippen LogP contribution in [0.25, 0.3) is 0 Å². The number of aromatic carboxylic acids is 1. The minimum absolute atomic E-state index is 0.00707. The fourth-order valence-corrected chi connectivity index (χ4v) is 2.85. The molecule has 1 aromatic rings. The first kappa shape index (κ1) is 17.3. The number of anilines is 2. The van der Waals surface area contributed by atoms with E-state index in [2.05, 4.69) is 0 Å². The number of sulfone groups is 1. The molecule has 1 rings (SSSR count). The molecule has 6 nitrogen and oxygen atoms in total. The molecule has 0 bridgehead atoms. The Morgan fingerprint density at radius 3 is 2.33 bits per heavy atom. The average molecular weight is 314 g/mol. The molecular formula is C14H22N2O4S. The molecule has 7 heteroatoms. The minimum Gasteiger partial charge on any atom is -0.478 e. The number of hydrogen-bond donors (Lipinski definition) is 2. The highest BCUT2D eigenvalue weighted by Gasteiger charge is 2.28. The van der Waals surface area contributed by atoms with Crippen LogP contribution >= 0.6 is 0 Å². The first-order valence-electron chi connectivity index (χ1n) is 6.52. The Hall–Kier alpha value is -1.76. The molecule has 0 atom stereocenters. The number of hydrogen-bond acceptors (Lipinski definition) is 5. The number of carboxylic acid groups (broad SMARTS) is 1. The molecule has 0 heterocycles. The fourth-order valence-electron chi connectivity index (χ4n) is 1.72. The van der Waals surface area contributed by atoms with Crippen LogP contribution in [0.4, 0.5) is 11.4 Å². The molecule has 0 saturated heterocycles. The van der Waals surface area contributed by atoms with E-state index in [9.17, 15) is 13.2 Å². The van der Waals surface area contributed by atoms with Crippen LogP contribution in [0, 0.1) is 0 Å². The second-order valence-electron chi connectivity index (χ2n) is 5.93. The maximum absolute atomic E-state index is 12.1. The molecule has 0 unspecified atom stereocenters. The third kappa shape index (κ3) is 4.10. The standard InChI is InChI=1S/C14H22N2O4S/c1-14(2,3)21(19,20)8-7-16(4)12-6-5-10(13(17)18)9-11(12)15/h5-6,9H,7-8,15H2,1-4H3,(H,17,18). The Balaban J connectivity index is 2.87. The molecule has 0 aliphatic rings. The van der Waals surface area contributed by atoms with Crippen LogP contribution in [0.1, 0.15) is 31.1 Å². The van der Waals surface area contributed by atoms with Gasteiger partial charge < -0.3 is 15.7 Å². The lowest BCUT2D eigenvalue weighted by atomic mass is 10.1. The van der Waals surface area contributed by atoms with Gasteiger partial charge in [-0.25, -0.2) is 13.2 Å². The van der Waals surface area contributed by atoms with Gasteiger partial charge in [-0.3, -0.25) is 0 Å². The van der Waals surface area contributed by atoms with Gasteiger partial charge in [-0.05, 0) is 39.0 Å². The number of carbonyl (C=O) groups is 1. The number of carboxylic acids is 1. The molecule has 0 amide bonds. The molecule has 3 N–H and O–H groups in total. The van der Waals surface area contributed by atoms with Crippen LogP contribution in [0.3, 0.4) is 0 Å². The highest BCUT2D eigenvalue weighted by molar-refractivity contribution is 7.92. The van der Waals surface area contributed by atoms with Crippen molar-refractivity contribution >= 4 is 27.2 Å². The summed E-state index contributed by atoms with van der Waals surface area (Å²) in [5, 5.41) is 8.89. The highest BCUT2D eigenvalue weighted by Crippen LogP contribution is 2.24. The number of nitrogen functional groups attached to an aromatic ring is 1. The van der Waals surface area contributed by atoms with Crippen molar-refractivity contribution in [1.29, 1.82) is 0 Å². The summed E-state index contributed by atoms with van der Waals surface area (Å²) < 4.78 is 23.4. The molecule has 0 radical (unpaired) electrons. The summed E-state index contributed by atoms with van der Waals surface area (Å²) in [4.78, 5) is 12.6. The summed E-state index contributed by atoms with van der Waals surface area (Å²) in [6, 6.07) is 4.40. The second-order valence-corrected chi connectivity index (χ2v) is 8.79. The van der Waals surface area contributed by atoms with E-state index in [4.69, 9.17) is 10.8 Å². The van der Waals surface area contributed by atoms with Crippen molar-refractivity contribution in [2.24, 2.45) is 0 Å². The van der Waals surface area contributed by atoms with Crippen molar-refractivity contribution in [2.45, 2.75) is 25.5 Å². The van der Waals surface area contributed by atoms with E-state index in [0.29, 0.717) is 11.4 Å². The van der Waals surface area contributed by atoms with E-state index in [0.717, 1.165) is 0 Å². The van der Waals surface area contributed by atoms with Crippen LogP contribution in [-0.2, 0) is 9.84 Å². The average Bonchev–Trinajstić information content (AvgIpc) is 2.34. The molecule has 0 aliphatic carbocycles. The van der Waals surface area contributed by atoms with E-state index in [-0.39, 0.29) is 17.9 Å². The Bertz CT molecular complexity index is 633. The van der Waals surface area contributed by atoms with Crippen molar-refractivity contribution in [3.63, 3.8) is 0 Å². The van der Waals surface area contributed by atoms with Crippen molar-refractivity contribution in [1.82, 2.24) is 0 Å². The monoisotopic (exact) mass is 314 g/mol. The number of nitrogens with two attached hydrogens (primary N) is 1. The predicted molar refractivity (Wildman–Crippen MR) is 84.6 cm³/mol. The van der Waals surface area contributed by atoms with Gasteiger partial charge in [-0.1, -0.05) is 0 Å². The first-order chi connectivity index (χ1) is 9.45. The SMILES string of the molecule is CN(CCS(=O)(=O)C(C)(C)C)c1ccc(C(=O)O)cc1N. The molecule has 1 aromatic carbocycles. The zero-order valence-corrected chi connectivity index (χ0v) is 13.6. The lowest BCUT2D eigenvalue weighted by Crippen LogP contribution is -2.35. The zero-order chi connectivity index (χ0) is 16.4. The van der Waals surface area contributed by atoms with Crippen molar-refractivity contribution in [2.75, 3.05) is 30.0 Å². The van der Waals surface area contributed by atoms with Crippen LogP contribution in [0.15, 0.2) is 18.2 Å². The first-order valence-corrected chi connectivity index (χ1v) is 8.17. The predicted octanol–water partition coefficient (Wildman–Crippen LogP) is 1.62. The highest BCUT2D eigenvalue weighted by atomic mass is 32.2. The van der Waals surface area contributed by atoms with Crippen LogP contribution < -0.4 is 10.6 Å². The zero-order valence-electron chi connectivity index (χ0n) is 12.8. The maximum Gasteiger partial charge on any atom is 0.335 e. The summed E-state index contributed by atoms with van der Waals surface area (Å²) in [5.41, 5.74) is 6.86. The Labute approximate surface area is 125 Å². The summed E-state index contributed by atoms with van der Waals surface area (Å²) in [5.74, 6) is -1.04. The lowest BCUT2D eigenvalue weighted by molar-refractivity contribution is 0.0697. The van der Waals surface area contributed by atoms with Crippen LogP contribution in [0.2, 0.25) is 0 Å². The van der Waals surface area contributed by atoms with Gasteiger partial charge in [0.15, 0.2) is 9.84 Å². The smallest absolute Gasteiger partial charge is 0.335 e. The third-order valence-corrected chi connectivity index (χ3v) is 5.90. The Morgan fingerprint density at radius 2 is 1.90 bits per heavy atom. The van der Waals surface area contributed by atoms with Gasteiger partial charge in [0.2, 0.25) is 0 Å². The van der Waals surface area contributed by atoms with E-state index < -0.39 is 20.6 Å². The molecule has 0 fully saturated rings. The molecule has 0 saturated carbocycles. The Morgan fingerprint density at radius 1 is 1.33 bits per heavy atom. The van der Waals surface area contributed by atoms with E-state index in [1.165, 1.54) is 12.1 Å². The van der Waals surface area contributed by atoms with Crippen molar-refractivity contribution in [3.05, 3.63) is 23.8 Å². The summed E-state index contributed by atoms with van der Waals surface area (Å²) in [6.07, 6.45) is 0. The van der Waals surface area contributed by atoms with E-state index in [1.807, 2.05) is 0 Å². The molecule has 21 heavy (non-hydrogen) atoms.